The van der Waals surface area contributed by atoms with Crippen LogP contribution in [0.5, 0.6) is 17.2 Å². The maximum atomic E-state index is 13.8. The van der Waals surface area contributed by atoms with Crippen molar-refractivity contribution in [3.63, 3.8) is 0 Å². The van der Waals surface area contributed by atoms with Crippen molar-refractivity contribution in [1.29, 1.82) is 0 Å². The van der Waals surface area contributed by atoms with Crippen molar-refractivity contribution in [3.05, 3.63) is 107 Å². The van der Waals surface area contributed by atoms with E-state index in [9.17, 15) is 9.90 Å². The standard InChI is InChI=1S/C31H31N3O4/c1-5-15-38-24-8-6-7-22(18-24)30-27-28(26-20(3)16-19(2)17-25(26)35)32-33-29(27)31(36)34(30)14-13-21-9-11-23(37-4)12-10-21/h5-12,16-18,30,35H,1,13-15H2,2-4H3,(H,32,33). The molecule has 1 aromatic heterocycles. The summed E-state index contributed by atoms with van der Waals surface area (Å²) >= 11 is 0. The highest BCUT2D eigenvalue weighted by atomic mass is 16.5. The number of rotatable bonds is 9. The van der Waals surface area contributed by atoms with Gasteiger partial charge in [-0.05, 0) is 72.9 Å². The van der Waals surface area contributed by atoms with Crippen LogP contribution in [0, 0.1) is 13.8 Å². The number of benzene rings is 3. The zero-order chi connectivity index (χ0) is 26.8. The number of ether oxygens (including phenoxy) is 2. The van der Waals surface area contributed by atoms with Crippen molar-refractivity contribution in [1.82, 2.24) is 15.1 Å². The average molecular weight is 510 g/mol. The maximum absolute atomic E-state index is 13.8. The Kier molecular flexibility index (Phi) is 6.92. The number of H-pyrrole nitrogens is 1. The van der Waals surface area contributed by atoms with Gasteiger partial charge in [-0.3, -0.25) is 9.89 Å². The number of aromatic amines is 1. The number of carbonyl (C=O) groups excluding carboxylic acids is 1. The molecule has 3 aromatic carbocycles. The molecule has 1 unspecified atom stereocenters. The number of nitrogens with one attached hydrogen (secondary N) is 1. The molecular formula is C31H31N3O4. The molecule has 38 heavy (non-hydrogen) atoms. The summed E-state index contributed by atoms with van der Waals surface area (Å²) in [6.45, 7) is 8.49. The summed E-state index contributed by atoms with van der Waals surface area (Å²) in [6.07, 6.45) is 2.36. The Balaban J connectivity index is 1.58. The topological polar surface area (TPSA) is 87.7 Å². The smallest absolute Gasteiger partial charge is 0.273 e. The molecule has 0 saturated carbocycles. The second kappa shape index (κ2) is 10.5. The van der Waals surface area contributed by atoms with Crippen molar-refractivity contribution in [2.24, 2.45) is 0 Å². The van der Waals surface area contributed by atoms with E-state index in [0.29, 0.717) is 42.3 Å². The van der Waals surface area contributed by atoms with Crippen molar-refractivity contribution in [2.45, 2.75) is 26.3 Å². The highest BCUT2D eigenvalue weighted by Crippen LogP contribution is 2.46. The third-order valence-corrected chi connectivity index (χ3v) is 6.90. The first-order valence-electron chi connectivity index (χ1n) is 12.6. The van der Waals surface area contributed by atoms with E-state index in [-0.39, 0.29) is 11.7 Å². The largest absolute Gasteiger partial charge is 0.507 e. The predicted molar refractivity (Wildman–Crippen MR) is 147 cm³/mol. The van der Waals surface area contributed by atoms with Crippen molar-refractivity contribution < 1.29 is 19.4 Å². The number of carbonyl (C=O) groups is 1. The summed E-state index contributed by atoms with van der Waals surface area (Å²) in [5, 5.41) is 18.4. The Morgan fingerprint density at radius 2 is 1.89 bits per heavy atom. The first-order chi connectivity index (χ1) is 18.4. The molecule has 7 heteroatoms. The van der Waals surface area contributed by atoms with Crippen LogP contribution < -0.4 is 9.47 Å². The average Bonchev–Trinajstić information content (AvgIpc) is 3.44. The molecule has 5 rings (SSSR count). The molecule has 2 N–H and O–H groups in total. The van der Waals surface area contributed by atoms with Crippen molar-refractivity contribution >= 4 is 5.91 Å². The molecule has 194 valence electrons. The summed E-state index contributed by atoms with van der Waals surface area (Å²) in [5.41, 5.74) is 6.25. The van der Waals surface area contributed by atoms with E-state index in [2.05, 4.69) is 16.8 Å². The zero-order valence-electron chi connectivity index (χ0n) is 21.8. The lowest BCUT2D eigenvalue weighted by Crippen LogP contribution is -2.31. The Labute approximate surface area is 222 Å². The van der Waals surface area contributed by atoms with Gasteiger partial charge in [0.1, 0.15) is 35.2 Å². The van der Waals surface area contributed by atoms with E-state index >= 15 is 0 Å². The molecule has 1 aliphatic rings. The van der Waals surface area contributed by atoms with Crippen LogP contribution in [0.1, 0.15) is 44.3 Å². The maximum Gasteiger partial charge on any atom is 0.273 e. The first kappa shape index (κ1) is 25.1. The normalized spacial score (nSPS) is 14.4. The monoisotopic (exact) mass is 509 g/mol. The van der Waals surface area contributed by atoms with Gasteiger partial charge >= 0.3 is 0 Å². The van der Waals surface area contributed by atoms with Crippen LogP contribution in [-0.2, 0) is 6.42 Å². The lowest BCUT2D eigenvalue weighted by Gasteiger charge is -2.27. The second-order valence-electron chi connectivity index (χ2n) is 9.51. The Morgan fingerprint density at radius 3 is 2.61 bits per heavy atom. The number of hydrogen-bond acceptors (Lipinski definition) is 5. The summed E-state index contributed by atoms with van der Waals surface area (Å²) in [6, 6.07) is 19.0. The number of hydrogen-bond donors (Lipinski definition) is 2. The van der Waals surface area contributed by atoms with E-state index in [1.807, 2.05) is 73.3 Å². The molecule has 4 aromatic rings. The Bertz CT molecular complexity index is 1470. The molecule has 0 spiro atoms. The van der Waals surface area contributed by atoms with Gasteiger partial charge < -0.3 is 19.5 Å². The van der Waals surface area contributed by atoms with Gasteiger partial charge in [0.05, 0.1) is 13.2 Å². The molecule has 1 aliphatic heterocycles. The second-order valence-corrected chi connectivity index (χ2v) is 9.51. The van der Waals surface area contributed by atoms with Gasteiger partial charge in [0.15, 0.2) is 0 Å². The van der Waals surface area contributed by atoms with Crippen molar-refractivity contribution in [2.75, 3.05) is 20.3 Å². The van der Waals surface area contributed by atoms with Crippen LogP contribution in [0.25, 0.3) is 11.3 Å². The first-order valence-corrected chi connectivity index (χ1v) is 12.6. The number of amides is 1. The molecule has 7 nitrogen and oxygen atoms in total. The molecule has 1 amide bonds. The molecule has 1 atom stereocenters. The lowest BCUT2D eigenvalue weighted by atomic mass is 9.93. The van der Waals surface area contributed by atoms with Gasteiger partial charge in [-0.2, -0.15) is 5.10 Å². The molecular weight excluding hydrogens is 478 g/mol. The van der Waals surface area contributed by atoms with Gasteiger partial charge in [-0.25, -0.2) is 0 Å². The minimum absolute atomic E-state index is 0.126. The van der Waals surface area contributed by atoms with Gasteiger partial charge in [0, 0.05) is 17.7 Å². The van der Waals surface area contributed by atoms with Gasteiger partial charge in [-0.15, -0.1) is 0 Å². The zero-order valence-corrected chi connectivity index (χ0v) is 21.8. The summed E-state index contributed by atoms with van der Waals surface area (Å²) in [7, 11) is 1.64. The minimum Gasteiger partial charge on any atom is -0.507 e. The molecule has 0 fully saturated rings. The number of fused-ring (bicyclic) bond motifs is 1. The summed E-state index contributed by atoms with van der Waals surface area (Å²) < 4.78 is 11.1. The fourth-order valence-electron chi connectivity index (χ4n) is 5.19. The van der Waals surface area contributed by atoms with E-state index in [1.165, 1.54) is 0 Å². The minimum atomic E-state index is -0.406. The number of phenols is 1. The number of aryl methyl sites for hydroxylation is 2. The quantitative estimate of drug-likeness (QED) is 0.280. The number of aromatic hydroxyl groups is 1. The van der Waals surface area contributed by atoms with E-state index < -0.39 is 6.04 Å². The van der Waals surface area contributed by atoms with Gasteiger partial charge in [-0.1, -0.05) is 43.0 Å². The highest BCUT2D eigenvalue weighted by Gasteiger charge is 2.42. The SMILES string of the molecule is C=CCOc1cccc(C2c3c(-c4c(C)cc(C)cc4O)n[nH]c3C(=O)N2CCc2ccc(OC)cc2)c1. The lowest BCUT2D eigenvalue weighted by molar-refractivity contribution is 0.0745. The van der Waals surface area contributed by atoms with Gasteiger partial charge in [0.2, 0.25) is 0 Å². The number of methoxy groups -OCH3 is 1. The third-order valence-electron chi connectivity index (χ3n) is 6.90. The Morgan fingerprint density at radius 1 is 1.11 bits per heavy atom. The summed E-state index contributed by atoms with van der Waals surface area (Å²) in [4.78, 5) is 15.6. The number of aromatic nitrogens is 2. The molecule has 0 aliphatic carbocycles. The van der Waals surface area contributed by atoms with Crippen molar-refractivity contribution in [3.8, 4) is 28.5 Å². The van der Waals surface area contributed by atoms with Crippen LogP contribution in [0.3, 0.4) is 0 Å². The highest BCUT2D eigenvalue weighted by molar-refractivity contribution is 6.00. The third kappa shape index (κ3) is 4.63. The van der Waals surface area contributed by atoms with Crippen LogP contribution in [-0.4, -0.2) is 46.4 Å². The van der Waals surface area contributed by atoms with Crippen LogP contribution in [0.4, 0.5) is 0 Å². The fraction of sp³-hybridized carbons (Fsp3) is 0.226. The van der Waals surface area contributed by atoms with Crippen LogP contribution >= 0.6 is 0 Å². The number of nitrogens with zero attached hydrogens (tertiary/aromatic N) is 2. The Hall–Kier alpha value is -4.52. The van der Waals surface area contributed by atoms with Gasteiger partial charge in [0.25, 0.3) is 5.91 Å². The van der Waals surface area contributed by atoms with Crippen LogP contribution in [0.15, 0.2) is 73.3 Å². The van der Waals surface area contributed by atoms with E-state index in [1.54, 1.807) is 19.3 Å². The van der Waals surface area contributed by atoms with E-state index in [4.69, 9.17) is 9.47 Å². The predicted octanol–water partition coefficient (Wildman–Crippen LogP) is 5.76. The number of phenolic OH excluding ortho intramolecular Hbond substituents is 1. The molecule has 0 saturated heterocycles. The molecule has 0 radical (unpaired) electrons. The summed E-state index contributed by atoms with van der Waals surface area (Å²) in [5.74, 6) is 1.50. The van der Waals surface area contributed by atoms with Crippen LogP contribution in [0.2, 0.25) is 0 Å². The molecule has 0 bridgehead atoms. The fourth-order valence-corrected chi connectivity index (χ4v) is 5.19. The van der Waals surface area contributed by atoms with E-state index in [0.717, 1.165) is 33.6 Å². The molecule has 2 heterocycles.